The van der Waals surface area contributed by atoms with Crippen LogP contribution >= 0.6 is 50.7 Å². The Bertz CT molecular complexity index is 1220. The third-order valence-electron chi connectivity index (χ3n) is 4.64. The number of hydrogen-bond donors (Lipinski definition) is 2. The summed E-state index contributed by atoms with van der Waals surface area (Å²) in [7, 11) is 0. The Morgan fingerprint density at radius 3 is 2.53 bits per heavy atom. The average molecular weight is 529 g/mol. The number of halogens is 5. The van der Waals surface area contributed by atoms with Gasteiger partial charge >= 0.3 is 0 Å². The van der Waals surface area contributed by atoms with Gasteiger partial charge in [-0.05, 0) is 48.5 Å². The number of fused-ring (bicyclic) bond motifs is 1. The number of nitrogens with one attached hydrogen (secondary N) is 2. The van der Waals surface area contributed by atoms with E-state index in [4.69, 9.17) is 34.8 Å². The van der Waals surface area contributed by atoms with Crippen molar-refractivity contribution >= 4 is 68.2 Å². The van der Waals surface area contributed by atoms with Crippen molar-refractivity contribution in [2.45, 2.75) is 6.04 Å². The van der Waals surface area contributed by atoms with Gasteiger partial charge in [0.25, 0.3) is 11.8 Å². The Balaban J connectivity index is 1.82. The van der Waals surface area contributed by atoms with Crippen molar-refractivity contribution in [1.29, 1.82) is 0 Å². The van der Waals surface area contributed by atoms with Gasteiger partial charge in [-0.3, -0.25) is 9.59 Å². The van der Waals surface area contributed by atoms with Crippen LogP contribution in [0.3, 0.4) is 0 Å². The topological polar surface area (TPSA) is 58.2 Å². The molecule has 2 amide bonds. The van der Waals surface area contributed by atoms with Crippen molar-refractivity contribution in [2.24, 2.45) is 0 Å². The van der Waals surface area contributed by atoms with Gasteiger partial charge in [0.2, 0.25) is 0 Å². The molecular formula is C21H11BrCl3FN2O2. The predicted octanol–water partition coefficient (Wildman–Crippen LogP) is 6.63. The molecule has 2 N–H and O–H groups in total. The summed E-state index contributed by atoms with van der Waals surface area (Å²) in [5, 5.41) is 6.44. The van der Waals surface area contributed by atoms with Crippen LogP contribution in [0.15, 0.2) is 53.0 Å². The number of anilines is 1. The lowest BCUT2D eigenvalue weighted by Gasteiger charge is -2.18. The van der Waals surface area contributed by atoms with E-state index in [1.165, 1.54) is 30.3 Å². The average Bonchev–Trinajstić information content (AvgIpc) is 3.02. The summed E-state index contributed by atoms with van der Waals surface area (Å²) < 4.78 is 14.5. The molecule has 4 rings (SSSR count). The van der Waals surface area contributed by atoms with Gasteiger partial charge in [0.05, 0.1) is 16.6 Å². The highest BCUT2D eigenvalue weighted by Gasteiger charge is 2.34. The van der Waals surface area contributed by atoms with Crippen LogP contribution in [0.2, 0.25) is 15.1 Å². The number of hydrogen-bond acceptors (Lipinski definition) is 2. The smallest absolute Gasteiger partial charge is 0.257 e. The van der Waals surface area contributed by atoms with Crippen LogP contribution in [-0.4, -0.2) is 11.8 Å². The minimum absolute atomic E-state index is 0.176. The third kappa shape index (κ3) is 3.93. The number of carbonyl (C=O) groups excluding carboxylic acids is 2. The van der Waals surface area contributed by atoms with Crippen LogP contribution in [0, 0.1) is 5.82 Å². The highest BCUT2D eigenvalue weighted by molar-refractivity contribution is 9.10. The number of amides is 2. The van der Waals surface area contributed by atoms with Crippen molar-refractivity contribution in [3.05, 3.63) is 96.1 Å². The second kappa shape index (κ2) is 8.19. The molecule has 0 saturated heterocycles. The Morgan fingerprint density at radius 1 is 1.03 bits per heavy atom. The minimum Gasteiger partial charge on any atom is -0.341 e. The fourth-order valence-corrected chi connectivity index (χ4v) is 4.39. The maximum Gasteiger partial charge on any atom is 0.257 e. The summed E-state index contributed by atoms with van der Waals surface area (Å²) in [6.07, 6.45) is 0. The van der Waals surface area contributed by atoms with E-state index in [1.807, 2.05) is 0 Å². The van der Waals surface area contributed by atoms with Crippen molar-refractivity contribution in [3.8, 4) is 0 Å². The molecule has 1 aliphatic rings. The van der Waals surface area contributed by atoms with Crippen molar-refractivity contribution in [2.75, 3.05) is 5.32 Å². The molecule has 1 heterocycles. The van der Waals surface area contributed by atoms with Gasteiger partial charge in [0, 0.05) is 36.9 Å². The normalized spacial score (nSPS) is 15.0. The maximum absolute atomic E-state index is 13.9. The standard InChI is InChI=1S/C21H11BrCl3FN2O2/c22-9-5-14-18(19(28-21(14)30)12-8-11(26)2-4-15(12)24)17(6-9)27-20(29)13-7-10(23)1-3-16(13)25/h1-8,19H,(H,27,29)(H,28,30). The summed E-state index contributed by atoms with van der Waals surface area (Å²) >= 11 is 21.7. The summed E-state index contributed by atoms with van der Waals surface area (Å²) in [4.78, 5) is 25.5. The molecular weight excluding hydrogens is 518 g/mol. The van der Waals surface area contributed by atoms with Crippen molar-refractivity contribution in [3.63, 3.8) is 0 Å². The molecule has 0 radical (unpaired) electrons. The monoisotopic (exact) mass is 526 g/mol. The van der Waals surface area contributed by atoms with Crippen LogP contribution in [0.25, 0.3) is 0 Å². The highest BCUT2D eigenvalue weighted by Crippen LogP contribution is 2.41. The van der Waals surface area contributed by atoms with E-state index < -0.39 is 17.8 Å². The molecule has 0 saturated carbocycles. The molecule has 0 spiro atoms. The van der Waals surface area contributed by atoms with E-state index >= 15 is 0 Å². The molecule has 0 aliphatic carbocycles. The summed E-state index contributed by atoms with van der Waals surface area (Å²) in [5.74, 6) is -1.37. The molecule has 3 aromatic rings. The van der Waals surface area contributed by atoms with Crippen LogP contribution in [0.5, 0.6) is 0 Å². The Kier molecular flexibility index (Phi) is 5.77. The fourth-order valence-electron chi connectivity index (χ4n) is 3.33. The van der Waals surface area contributed by atoms with Crippen LogP contribution in [-0.2, 0) is 0 Å². The molecule has 1 atom stereocenters. The molecule has 4 nitrogen and oxygen atoms in total. The summed E-state index contributed by atoms with van der Waals surface area (Å²) in [5.41, 5.74) is 1.71. The second-order valence-corrected chi connectivity index (χ2v) is 8.73. The fraction of sp³-hybridized carbons (Fsp3) is 0.0476. The van der Waals surface area contributed by atoms with Crippen molar-refractivity contribution in [1.82, 2.24) is 5.32 Å². The lowest BCUT2D eigenvalue weighted by Crippen LogP contribution is -2.21. The zero-order valence-corrected chi connectivity index (χ0v) is 18.8. The first kappa shape index (κ1) is 21.1. The van der Waals surface area contributed by atoms with Gasteiger partial charge in [-0.25, -0.2) is 4.39 Å². The van der Waals surface area contributed by atoms with Gasteiger partial charge in [0.15, 0.2) is 0 Å². The Hall–Kier alpha value is -2.12. The molecule has 0 fully saturated rings. The molecule has 3 aromatic carbocycles. The maximum atomic E-state index is 13.9. The van der Waals surface area contributed by atoms with Gasteiger partial charge < -0.3 is 10.6 Å². The lowest BCUT2D eigenvalue weighted by molar-refractivity contribution is 0.0959. The minimum atomic E-state index is -0.742. The molecule has 30 heavy (non-hydrogen) atoms. The predicted molar refractivity (Wildman–Crippen MR) is 119 cm³/mol. The van der Waals surface area contributed by atoms with Gasteiger partial charge in [-0.15, -0.1) is 0 Å². The molecule has 9 heteroatoms. The second-order valence-electron chi connectivity index (χ2n) is 6.57. The first-order valence-electron chi connectivity index (χ1n) is 8.60. The SMILES string of the molecule is O=C(Nc1cc(Br)cc2c1C(c1cc(F)ccc1Cl)NC2=O)c1cc(Cl)ccc1Cl. The molecule has 1 unspecified atom stereocenters. The van der Waals surface area contributed by atoms with Crippen LogP contribution in [0.1, 0.15) is 37.9 Å². The van der Waals surface area contributed by atoms with E-state index in [-0.39, 0.29) is 21.5 Å². The molecule has 0 aromatic heterocycles. The van der Waals surface area contributed by atoms with Gasteiger partial charge in [-0.1, -0.05) is 50.7 Å². The molecule has 1 aliphatic heterocycles. The largest absolute Gasteiger partial charge is 0.341 e. The highest BCUT2D eigenvalue weighted by atomic mass is 79.9. The van der Waals surface area contributed by atoms with Gasteiger partial charge in [-0.2, -0.15) is 0 Å². The summed E-state index contributed by atoms with van der Waals surface area (Å²) in [6.45, 7) is 0. The van der Waals surface area contributed by atoms with Crippen LogP contribution < -0.4 is 10.6 Å². The zero-order chi connectivity index (χ0) is 21.6. The number of rotatable bonds is 3. The van der Waals surface area contributed by atoms with E-state index in [0.29, 0.717) is 31.9 Å². The molecule has 0 bridgehead atoms. The van der Waals surface area contributed by atoms with E-state index in [0.717, 1.165) is 0 Å². The Labute approximate surface area is 194 Å². The van der Waals surface area contributed by atoms with Gasteiger partial charge in [0.1, 0.15) is 5.82 Å². The first-order valence-corrected chi connectivity index (χ1v) is 10.5. The van der Waals surface area contributed by atoms with E-state index in [1.54, 1.807) is 18.2 Å². The lowest BCUT2D eigenvalue weighted by atomic mass is 9.96. The number of carbonyl (C=O) groups is 2. The molecule has 152 valence electrons. The quantitative estimate of drug-likeness (QED) is 0.401. The number of benzene rings is 3. The summed E-state index contributed by atoms with van der Waals surface area (Å²) in [6, 6.07) is 11.0. The van der Waals surface area contributed by atoms with E-state index in [9.17, 15) is 14.0 Å². The first-order chi connectivity index (χ1) is 14.2. The van der Waals surface area contributed by atoms with E-state index in [2.05, 4.69) is 26.6 Å². The van der Waals surface area contributed by atoms with Crippen molar-refractivity contribution < 1.29 is 14.0 Å². The zero-order valence-electron chi connectivity index (χ0n) is 14.9. The Morgan fingerprint density at radius 2 is 1.77 bits per heavy atom. The van der Waals surface area contributed by atoms with Crippen LogP contribution in [0.4, 0.5) is 10.1 Å². The third-order valence-corrected chi connectivity index (χ3v) is 6.01.